The molecule has 6 heteroatoms. The van der Waals surface area contributed by atoms with Gasteiger partial charge < -0.3 is 4.74 Å². The molecule has 0 radical (unpaired) electrons. The SMILES string of the molecule is COc1cnn(-c2csc(C(C)=O)n2)c1. The van der Waals surface area contributed by atoms with Crippen molar-refractivity contribution in [2.24, 2.45) is 0 Å². The van der Waals surface area contributed by atoms with Crippen molar-refractivity contribution in [1.82, 2.24) is 14.8 Å². The number of methoxy groups -OCH3 is 1. The molecule has 0 fully saturated rings. The Kier molecular flexibility index (Phi) is 2.51. The fourth-order valence-electron chi connectivity index (χ4n) is 1.07. The predicted octanol–water partition coefficient (Wildman–Crippen LogP) is 1.54. The van der Waals surface area contributed by atoms with Crippen LogP contribution in [0.5, 0.6) is 5.75 Å². The molecule has 0 N–H and O–H groups in total. The Balaban J connectivity index is 2.32. The first-order valence-electron chi connectivity index (χ1n) is 4.26. The number of hydrogen-bond acceptors (Lipinski definition) is 5. The molecule has 15 heavy (non-hydrogen) atoms. The van der Waals surface area contributed by atoms with E-state index < -0.39 is 0 Å². The Bertz CT molecular complexity index is 489. The van der Waals surface area contributed by atoms with E-state index in [0.717, 1.165) is 0 Å². The summed E-state index contributed by atoms with van der Waals surface area (Å²) in [7, 11) is 1.57. The monoisotopic (exact) mass is 223 g/mol. The first kappa shape index (κ1) is 9.85. The van der Waals surface area contributed by atoms with Gasteiger partial charge in [0.25, 0.3) is 0 Å². The average molecular weight is 223 g/mol. The maximum atomic E-state index is 11.0. The molecule has 2 aromatic heterocycles. The summed E-state index contributed by atoms with van der Waals surface area (Å²) in [5, 5.41) is 6.32. The van der Waals surface area contributed by atoms with Crippen molar-refractivity contribution in [2.45, 2.75) is 6.92 Å². The fraction of sp³-hybridized carbons (Fsp3) is 0.222. The lowest BCUT2D eigenvalue weighted by atomic mass is 10.5. The standard InChI is InChI=1S/C9H9N3O2S/c1-6(13)9-11-8(5-15-9)12-4-7(14-2)3-10-12/h3-5H,1-2H3. The highest BCUT2D eigenvalue weighted by Gasteiger charge is 2.08. The van der Waals surface area contributed by atoms with Crippen LogP contribution in [0.2, 0.25) is 0 Å². The zero-order chi connectivity index (χ0) is 10.8. The van der Waals surface area contributed by atoms with Gasteiger partial charge >= 0.3 is 0 Å². The van der Waals surface area contributed by atoms with E-state index in [2.05, 4.69) is 10.1 Å². The molecule has 0 unspecified atom stereocenters. The minimum absolute atomic E-state index is 0.0367. The van der Waals surface area contributed by atoms with Gasteiger partial charge in [0, 0.05) is 12.3 Å². The number of nitrogens with zero attached hydrogens (tertiary/aromatic N) is 3. The van der Waals surface area contributed by atoms with Crippen LogP contribution in [0, 0.1) is 0 Å². The lowest BCUT2D eigenvalue weighted by Gasteiger charge is -1.93. The summed E-state index contributed by atoms with van der Waals surface area (Å²) in [5.41, 5.74) is 0. The number of hydrogen-bond donors (Lipinski definition) is 0. The van der Waals surface area contributed by atoms with Crippen molar-refractivity contribution in [2.75, 3.05) is 7.11 Å². The summed E-state index contributed by atoms with van der Waals surface area (Å²) < 4.78 is 6.57. The van der Waals surface area contributed by atoms with Crippen LogP contribution >= 0.6 is 11.3 Å². The average Bonchev–Trinajstić information content (AvgIpc) is 2.86. The summed E-state index contributed by atoms with van der Waals surface area (Å²) in [6.45, 7) is 1.49. The van der Waals surface area contributed by atoms with Gasteiger partial charge in [0.15, 0.2) is 22.4 Å². The second-order valence-electron chi connectivity index (χ2n) is 2.89. The third kappa shape index (κ3) is 1.89. The van der Waals surface area contributed by atoms with Crippen LogP contribution in [0.3, 0.4) is 0 Å². The number of aromatic nitrogens is 3. The van der Waals surface area contributed by atoms with Crippen molar-refractivity contribution >= 4 is 17.1 Å². The van der Waals surface area contributed by atoms with Gasteiger partial charge in [-0.1, -0.05) is 0 Å². The van der Waals surface area contributed by atoms with Gasteiger partial charge in [-0.05, 0) is 0 Å². The number of carbonyl (C=O) groups excluding carboxylic acids is 1. The number of carbonyl (C=O) groups is 1. The topological polar surface area (TPSA) is 57.0 Å². The predicted molar refractivity (Wildman–Crippen MR) is 55.8 cm³/mol. The minimum atomic E-state index is -0.0367. The fourth-order valence-corrected chi connectivity index (χ4v) is 1.76. The Morgan fingerprint density at radius 3 is 2.93 bits per heavy atom. The molecule has 0 aromatic carbocycles. The van der Waals surface area contributed by atoms with Gasteiger partial charge in [-0.3, -0.25) is 4.79 Å². The van der Waals surface area contributed by atoms with Crippen molar-refractivity contribution in [3.63, 3.8) is 0 Å². The van der Waals surface area contributed by atoms with Crippen molar-refractivity contribution in [1.29, 1.82) is 0 Å². The number of rotatable bonds is 3. The van der Waals surface area contributed by atoms with Gasteiger partial charge in [-0.25, -0.2) is 9.67 Å². The zero-order valence-electron chi connectivity index (χ0n) is 8.30. The molecule has 0 aliphatic carbocycles. The molecule has 0 amide bonds. The van der Waals surface area contributed by atoms with E-state index in [1.807, 2.05) is 0 Å². The summed E-state index contributed by atoms with van der Waals surface area (Å²) in [6, 6.07) is 0. The molecule has 0 saturated heterocycles. The lowest BCUT2D eigenvalue weighted by Crippen LogP contribution is -1.96. The Hall–Kier alpha value is -1.69. The van der Waals surface area contributed by atoms with Crippen LogP contribution < -0.4 is 4.74 Å². The van der Waals surface area contributed by atoms with Crippen molar-refractivity contribution in [3.8, 4) is 11.6 Å². The normalized spacial score (nSPS) is 10.3. The van der Waals surface area contributed by atoms with Gasteiger partial charge in [-0.15, -0.1) is 11.3 Å². The molecular weight excluding hydrogens is 214 g/mol. The number of ketones is 1. The van der Waals surface area contributed by atoms with E-state index >= 15 is 0 Å². The van der Waals surface area contributed by atoms with Crippen LogP contribution in [0.25, 0.3) is 5.82 Å². The number of Topliss-reactive ketones (excluding diaryl/α,β-unsaturated/α-hetero) is 1. The lowest BCUT2D eigenvalue weighted by molar-refractivity contribution is 0.101. The zero-order valence-corrected chi connectivity index (χ0v) is 9.11. The second-order valence-corrected chi connectivity index (χ2v) is 3.75. The minimum Gasteiger partial charge on any atom is -0.493 e. The summed E-state index contributed by atoms with van der Waals surface area (Å²) in [5.74, 6) is 1.26. The van der Waals surface area contributed by atoms with Crippen LogP contribution in [0.4, 0.5) is 0 Å². The summed E-state index contributed by atoms with van der Waals surface area (Å²) in [4.78, 5) is 15.2. The van der Waals surface area contributed by atoms with Gasteiger partial charge in [0.1, 0.15) is 0 Å². The number of ether oxygens (including phenoxy) is 1. The van der Waals surface area contributed by atoms with E-state index in [1.54, 1.807) is 29.6 Å². The molecule has 2 rings (SSSR count). The molecule has 2 aromatic rings. The molecule has 0 saturated carbocycles. The summed E-state index contributed by atoms with van der Waals surface area (Å²) in [6.07, 6.45) is 3.30. The Morgan fingerprint density at radius 1 is 1.60 bits per heavy atom. The first-order chi connectivity index (χ1) is 7.20. The molecular formula is C9H9N3O2S. The highest BCUT2D eigenvalue weighted by atomic mass is 32.1. The van der Waals surface area contributed by atoms with Crippen LogP contribution in [0.1, 0.15) is 16.7 Å². The van der Waals surface area contributed by atoms with Crippen molar-refractivity contribution < 1.29 is 9.53 Å². The molecule has 78 valence electrons. The van der Waals surface area contributed by atoms with E-state index in [4.69, 9.17) is 4.74 Å². The largest absolute Gasteiger partial charge is 0.493 e. The third-order valence-corrected chi connectivity index (χ3v) is 2.75. The first-order valence-corrected chi connectivity index (χ1v) is 5.14. The molecule has 0 aliphatic heterocycles. The van der Waals surface area contributed by atoms with E-state index in [-0.39, 0.29) is 5.78 Å². The van der Waals surface area contributed by atoms with Gasteiger partial charge in [0.2, 0.25) is 0 Å². The molecule has 5 nitrogen and oxygen atoms in total. The molecule has 2 heterocycles. The van der Waals surface area contributed by atoms with Gasteiger partial charge in [-0.2, -0.15) is 5.10 Å². The smallest absolute Gasteiger partial charge is 0.188 e. The highest BCUT2D eigenvalue weighted by molar-refractivity contribution is 7.11. The van der Waals surface area contributed by atoms with E-state index in [0.29, 0.717) is 16.6 Å². The maximum Gasteiger partial charge on any atom is 0.188 e. The van der Waals surface area contributed by atoms with Crippen LogP contribution in [0.15, 0.2) is 17.8 Å². The molecule has 0 spiro atoms. The highest BCUT2D eigenvalue weighted by Crippen LogP contribution is 2.16. The maximum absolute atomic E-state index is 11.0. The van der Waals surface area contributed by atoms with Crippen molar-refractivity contribution in [3.05, 3.63) is 22.8 Å². The number of thiazole rings is 1. The Morgan fingerprint density at radius 2 is 2.40 bits per heavy atom. The quantitative estimate of drug-likeness (QED) is 0.740. The summed E-state index contributed by atoms with van der Waals surface area (Å²) >= 11 is 1.31. The van der Waals surface area contributed by atoms with E-state index in [1.165, 1.54) is 18.3 Å². The third-order valence-electron chi connectivity index (χ3n) is 1.82. The van der Waals surface area contributed by atoms with Crippen LogP contribution in [-0.4, -0.2) is 27.7 Å². The second kappa shape index (κ2) is 3.82. The Labute approximate surface area is 90.3 Å². The van der Waals surface area contributed by atoms with Gasteiger partial charge in [0.05, 0.1) is 19.5 Å². The molecule has 0 bridgehead atoms. The van der Waals surface area contributed by atoms with E-state index in [9.17, 15) is 4.79 Å². The van der Waals surface area contributed by atoms with Crippen LogP contribution in [-0.2, 0) is 0 Å². The molecule has 0 atom stereocenters. The molecule has 0 aliphatic rings.